The van der Waals surface area contributed by atoms with Crippen LogP contribution in [0.25, 0.3) is 101 Å². The summed E-state index contributed by atoms with van der Waals surface area (Å²) in [5.74, 6) is 3.65. The molecule has 0 unspecified atom stereocenters. The van der Waals surface area contributed by atoms with E-state index < -0.39 is 0 Å². The Bertz CT molecular complexity index is 2840. The minimum absolute atomic E-state index is 0.553. The molecule has 0 fully saturated rings. The standard InChI is InChI=1S/C48H30N6O/c1-5-14-32(15-6-1)43-49-44(33-16-7-2-8-17-33)51-47(50-43)36-26-24-31(25-27-36)37-28-29-41-40(30-37)38-22-13-23-39(42(38)55-41)48-53-45(34-18-9-3-10-19-34)52-46(54-48)35-20-11-4-12-21-35/h1-30H. The van der Waals surface area contributed by atoms with Crippen molar-refractivity contribution in [3.8, 4) is 79.5 Å². The third kappa shape index (κ3) is 6.19. The van der Waals surface area contributed by atoms with Gasteiger partial charge in [0.25, 0.3) is 0 Å². The van der Waals surface area contributed by atoms with Crippen molar-refractivity contribution in [1.29, 1.82) is 0 Å². The van der Waals surface area contributed by atoms with E-state index in [0.29, 0.717) is 34.9 Å². The van der Waals surface area contributed by atoms with E-state index in [1.165, 1.54) is 0 Å². The molecule has 258 valence electrons. The molecule has 7 aromatic carbocycles. The molecule has 0 saturated heterocycles. The molecular weight excluding hydrogens is 677 g/mol. The van der Waals surface area contributed by atoms with Gasteiger partial charge in [0, 0.05) is 38.6 Å². The van der Waals surface area contributed by atoms with Crippen molar-refractivity contribution in [2.75, 3.05) is 0 Å². The topological polar surface area (TPSA) is 90.5 Å². The fourth-order valence-electron chi connectivity index (χ4n) is 6.83. The largest absolute Gasteiger partial charge is 0.455 e. The molecule has 10 aromatic rings. The van der Waals surface area contributed by atoms with E-state index >= 15 is 0 Å². The number of furan rings is 1. The van der Waals surface area contributed by atoms with E-state index in [2.05, 4.69) is 42.5 Å². The lowest BCUT2D eigenvalue weighted by molar-refractivity contribution is 0.669. The van der Waals surface area contributed by atoms with E-state index in [1.54, 1.807) is 0 Å². The van der Waals surface area contributed by atoms with Crippen molar-refractivity contribution < 1.29 is 4.42 Å². The van der Waals surface area contributed by atoms with Crippen LogP contribution in [0.3, 0.4) is 0 Å². The highest BCUT2D eigenvalue weighted by Crippen LogP contribution is 2.38. The summed E-state index contributed by atoms with van der Waals surface area (Å²) in [6.45, 7) is 0. The lowest BCUT2D eigenvalue weighted by Gasteiger charge is -2.09. The predicted molar refractivity (Wildman–Crippen MR) is 219 cm³/mol. The SMILES string of the molecule is c1ccc(-c2nc(-c3ccccc3)nc(-c3ccc(-c4ccc5oc6c(-c7nc(-c8ccccc8)nc(-c8ccccc8)n7)cccc6c5c4)cc3)n2)cc1. The van der Waals surface area contributed by atoms with Gasteiger partial charge in [-0.2, -0.15) is 0 Å². The molecule has 0 atom stereocenters. The molecule has 0 spiro atoms. The summed E-state index contributed by atoms with van der Waals surface area (Å²) < 4.78 is 6.57. The van der Waals surface area contributed by atoms with Crippen molar-refractivity contribution in [2.45, 2.75) is 0 Å². The molecule has 0 bridgehead atoms. The maximum atomic E-state index is 6.57. The highest BCUT2D eigenvalue weighted by molar-refractivity contribution is 6.10. The van der Waals surface area contributed by atoms with Crippen LogP contribution in [0.4, 0.5) is 0 Å². The van der Waals surface area contributed by atoms with Gasteiger partial charge in [0.2, 0.25) is 0 Å². The average molecular weight is 707 g/mol. The summed E-state index contributed by atoms with van der Waals surface area (Å²) >= 11 is 0. The molecule has 10 rings (SSSR count). The maximum absolute atomic E-state index is 6.57. The van der Waals surface area contributed by atoms with Crippen LogP contribution in [0.2, 0.25) is 0 Å². The normalized spacial score (nSPS) is 11.3. The molecule has 7 nitrogen and oxygen atoms in total. The smallest absolute Gasteiger partial charge is 0.167 e. The lowest BCUT2D eigenvalue weighted by atomic mass is 10.0. The maximum Gasteiger partial charge on any atom is 0.167 e. The van der Waals surface area contributed by atoms with Crippen LogP contribution in [0.15, 0.2) is 186 Å². The minimum atomic E-state index is 0.553. The third-order valence-electron chi connectivity index (χ3n) is 9.61. The highest BCUT2D eigenvalue weighted by Gasteiger charge is 2.18. The van der Waals surface area contributed by atoms with E-state index in [0.717, 1.165) is 66.4 Å². The van der Waals surface area contributed by atoms with Crippen molar-refractivity contribution >= 4 is 21.9 Å². The number of hydrogen-bond acceptors (Lipinski definition) is 7. The quantitative estimate of drug-likeness (QED) is 0.163. The fourth-order valence-corrected chi connectivity index (χ4v) is 6.83. The summed E-state index contributed by atoms with van der Waals surface area (Å²) in [4.78, 5) is 29.4. The first-order valence-corrected chi connectivity index (χ1v) is 18.0. The van der Waals surface area contributed by atoms with Gasteiger partial charge in [0.15, 0.2) is 34.9 Å². The molecule has 0 aliphatic heterocycles. The Hall–Kier alpha value is -7.64. The summed E-state index contributed by atoms with van der Waals surface area (Å²) in [5.41, 5.74) is 9.06. The number of benzene rings is 7. The van der Waals surface area contributed by atoms with Crippen LogP contribution in [0.5, 0.6) is 0 Å². The minimum Gasteiger partial charge on any atom is -0.455 e. The van der Waals surface area contributed by atoms with Crippen LogP contribution >= 0.6 is 0 Å². The van der Waals surface area contributed by atoms with E-state index in [-0.39, 0.29) is 0 Å². The van der Waals surface area contributed by atoms with Crippen molar-refractivity contribution in [2.24, 2.45) is 0 Å². The predicted octanol–water partition coefficient (Wildman–Crippen LogP) is 11.6. The molecule has 7 heteroatoms. The van der Waals surface area contributed by atoms with Gasteiger partial charge in [-0.05, 0) is 29.3 Å². The molecule has 3 heterocycles. The molecule has 0 aliphatic carbocycles. The van der Waals surface area contributed by atoms with Gasteiger partial charge in [-0.15, -0.1) is 0 Å². The number of aromatic nitrogens is 6. The van der Waals surface area contributed by atoms with Crippen LogP contribution in [-0.2, 0) is 0 Å². The molecule has 55 heavy (non-hydrogen) atoms. The number of fused-ring (bicyclic) bond motifs is 3. The molecule has 0 N–H and O–H groups in total. The van der Waals surface area contributed by atoms with Crippen molar-refractivity contribution in [3.63, 3.8) is 0 Å². The number of para-hydroxylation sites is 1. The fraction of sp³-hybridized carbons (Fsp3) is 0. The first-order valence-electron chi connectivity index (χ1n) is 18.0. The van der Waals surface area contributed by atoms with Gasteiger partial charge >= 0.3 is 0 Å². The van der Waals surface area contributed by atoms with E-state index in [9.17, 15) is 0 Å². The van der Waals surface area contributed by atoms with Crippen LogP contribution in [0, 0.1) is 0 Å². The number of rotatable bonds is 7. The molecule has 0 saturated carbocycles. The summed E-state index contributed by atoms with van der Waals surface area (Å²) in [6, 6.07) is 60.8. The van der Waals surface area contributed by atoms with Crippen molar-refractivity contribution in [1.82, 2.24) is 29.9 Å². The van der Waals surface area contributed by atoms with E-state index in [4.69, 9.17) is 34.3 Å². The molecule has 0 amide bonds. The number of hydrogen-bond donors (Lipinski definition) is 0. The second-order valence-corrected chi connectivity index (χ2v) is 13.1. The van der Waals surface area contributed by atoms with Gasteiger partial charge in [-0.3, -0.25) is 0 Å². The molecule has 3 aromatic heterocycles. The Labute approximate surface area is 316 Å². The second-order valence-electron chi connectivity index (χ2n) is 13.1. The van der Waals surface area contributed by atoms with Crippen molar-refractivity contribution in [3.05, 3.63) is 182 Å². The Balaban J connectivity index is 1.03. The van der Waals surface area contributed by atoms with Gasteiger partial charge in [0.05, 0.1) is 5.56 Å². The summed E-state index contributed by atoms with van der Waals surface area (Å²) in [7, 11) is 0. The Kier molecular flexibility index (Phi) is 8.00. The first kappa shape index (κ1) is 32.0. The molecular formula is C48H30N6O. The van der Waals surface area contributed by atoms with Gasteiger partial charge in [-0.25, -0.2) is 29.9 Å². The second kappa shape index (κ2) is 13.7. The monoisotopic (exact) mass is 706 g/mol. The third-order valence-corrected chi connectivity index (χ3v) is 9.61. The van der Waals surface area contributed by atoms with Crippen LogP contribution in [-0.4, -0.2) is 29.9 Å². The van der Waals surface area contributed by atoms with E-state index in [1.807, 2.05) is 140 Å². The zero-order valence-electron chi connectivity index (χ0n) is 29.4. The first-order chi connectivity index (χ1) is 27.2. The summed E-state index contributed by atoms with van der Waals surface area (Å²) in [6.07, 6.45) is 0. The average Bonchev–Trinajstić information content (AvgIpc) is 3.66. The Morgan fingerprint density at radius 3 is 1.11 bits per heavy atom. The van der Waals surface area contributed by atoms with Gasteiger partial charge in [0.1, 0.15) is 11.2 Å². The number of nitrogens with zero attached hydrogens (tertiary/aromatic N) is 6. The molecule has 0 radical (unpaired) electrons. The van der Waals surface area contributed by atoms with Crippen LogP contribution < -0.4 is 0 Å². The molecule has 0 aliphatic rings. The Morgan fingerprint density at radius 1 is 0.273 bits per heavy atom. The zero-order valence-corrected chi connectivity index (χ0v) is 29.4. The lowest BCUT2D eigenvalue weighted by Crippen LogP contribution is -2.00. The highest BCUT2D eigenvalue weighted by atomic mass is 16.3. The van der Waals surface area contributed by atoms with Gasteiger partial charge in [-0.1, -0.05) is 164 Å². The van der Waals surface area contributed by atoms with Crippen LogP contribution in [0.1, 0.15) is 0 Å². The summed E-state index contributed by atoms with van der Waals surface area (Å²) in [5, 5.41) is 2.00. The zero-order chi connectivity index (χ0) is 36.6. The van der Waals surface area contributed by atoms with Gasteiger partial charge < -0.3 is 4.42 Å². The Morgan fingerprint density at radius 2 is 0.655 bits per heavy atom.